The van der Waals surface area contributed by atoms with Crippen LogP contribution in [-0.2, 0) is 6.42 Å². The van der Waals surface area contributed by atoms with Crippen LogP contribution in [0.2, 0.25) is 0 Å². The summed E-state index contributed by atoms with van der Waals surface area (Å²) >= 11 is 1.94. The van der Waals surface area contributed by atoms with E-state index in [-0.39, 0.29) is 0 Å². The molecule has 1 heterocycles. The molecule has 4 rings (SSSR count). The Balaban J connectivity index is 1.21. The molecule has 2 saturated carbocycles. The molecule has 2 aliphatic rings. The summed E-state index contributed by atoms with van der Waals surface area (Å²) in [5.41, 5.74) is 0. The molecule has 0 atom stereocenters. The van der Waals surface area contributed by atoms with E-state index in [0.717, 1.165) is 36.0 Å². The molecular weight excluding hydrogens is 372 g/mol. The van der Waals surface area contributed by atoms with E-state index in [0.29, 0.717) is 0 Å². The van der Waals surface area contributed by atoms with E-state index in [9.17, 15) is 0 Å². The predicted octanol–water partition coefficient (Wildman–Crippen LogP) is 8.65. The van der Waals surface area contributed by atoms with Crippen LogP contribution in [0, 0.1) is 23.7 Å². The van der Waals surface area contributed by atoms with Crippen molar-refractivity contribution in [2.24, 2.45) is 23.7 Å². The van der Waals surface area contributed by atoms with Crippen LogP contribution in [-0.4, -0.2) is 6.61 Å². The number of rotatable bonds is 8. The van der Waals surface area contributed by atoms with Crippen molar-refractivity contribution in [1.29, 1.82) is 0 Å². The molecule has 1 aromatic heterocycles. The summed E-state index contributed by atoms with van der Waals surface area (Å²) in [5, 5.41) is 1.37. The Morgan fingerprint density at radius 2 is 1.52 bits per heavy atom. The predicted molar refractivity (Wildman–Crippen MR) is 127 cm³/mol. The molecule has 2 heteroatoms. The van der Waals surface area contributed by atoms with Crippen molar-refractivity contribution in [2.45, 2.75) is 90.9 Å². The maximum atomic E-state index is 6.25. The molecule has 1 aromatic carbocycles. The van der Waals surface area contributed by atoms with E-state index < -0.39 is 0 Å². The first-order valence-corrected chi connectivity index (χ1v) is 13.2. The Bertz CT molecular complexity index is 747. The first kappa shape index (κ1) is 21.2. The zero-order chi connectivity index (χ0) is 20.1. The lowest BCUT2D eigenvalue weighted by atomic mass is 9.69. The van der Waals surface area contributed by atoms with E-state index in [1.165, 1.54) is 92.0 Å². The zero-order valence-corrected chi connectivity index (χ0v) is 19.4. The fourth-order valence-corrected chi connectivity index (χ4v) is 7.12. The lowest BCUT2D eigenvalue weighted by Gasteiger charge is -2.37. The lowest BCUT2D eigenvalue weighted by Crippen LogP contribution is -2.27. The molecule has 0 radical (unpaired) electrons. The van der Waals surface area contributed by atoms with Gasteiger partial charge in [0.05, 0.1) is 6.61 Å². The van der Waals surface area contributed by atoms with Crippen molar-refractivity contribution in [3.63, 3.8) is 0 Å². The Morgan fingerprint density at radius 3 is 2.17 bits per heavy atom. The maximum Gasteiger partial charge on any atom is 0.120 e. The van der Waals surface area contributed by atoms with Crippen molar-refractivity contribution >= 4 is 21.4 Å². The van der Waals surface area contributed by atoms with E-state index in [2.05, 4.69) is 38.1 Å². The third-order valence-electron chi connectivity index (χ3n) is 7.67. The second-order valence-electron chi connectivity index (χ2n) is 9.82. The third-order valence-corrected chi connectivity index (χ3v) is 8.83. The van der Waals surface area contributed by atoms with E-state index in [1.54, 1.807) is 0 Å². The fourth-order valence-electron chi connectivity index (χ4n) is 5.92. The van der Waals surface area contributed by atoms with Crippen molar-refractivity contribution in [1.82, 2.24) is 0 Å². The molecule has 0 bridgehead atoms. The van der Waals surface area contributed by atoms with Gasteiger partial charge in [0.15, 0.2) is 0 Å². The van der Waals surface area contributed by atoms with Gasteiger partial charge in [-0.1, -0.05) is 46.0 Å². The molecule has 0 saturated heterocycles. The van der Waals surface area contributed by atoms with Gasteiger partial charge in [0.25, 0.3) is 0 Å². The van der Waals surface area contributed by atoms with Crippen molar-refractivity contribution < 1.29 is 4.74 Å². The Labute approximate surface area is 182 Å². The van der Waals surface area contributed by atoms with Gasteiger partial charge in [-0.3, -0.25) is 0 Å². The Morgan fingerprint density at radius 1 is 0.828 bits per heavy atom. The maximum absolute atomic E-state index is 6.25. The molecule has 0 aliphatic heterocycles. The molecule has 2 aliphatic carbocycles. The van der Waals surface area contributed by atoms with Gasteiger partial charge in [0.2, 0.25) is 0 Å². The summed E-state index contributed by atoms with van der Waals surface area (Å²) in [6.07, 6.45) is 16.9. The molecule has 0 amide bonds. The van der Waals surface area contributed by atoms with E-state index in [1.807, 2.05) is 11.3 Å². The van der Waals surface area contributed by atoms with Gasteiger partial charge in [-0.2, -0.15) is 0 Å². The fraction of sp³-hybridized carbons (Fsp3) is 0.704. The highest BCUT2D eigenvalue weighted by Gasteiger charge is 2.30. The number of thiophene rings is 1. The van der Waals surface area contributed by atoms with Gasteiger partial charge in [-0.15, -0.1) is 11.3 Å². The quantitative estimate of drug-likeness (QED) is 0.421. The minimum Gasteiger partial charge on any atom is -0.493 e. The van der Waals surface area contributed by atoms with Crippen LogP contribution in [0.1, 0.15) is 89.4 Å². The minimum atomic E-state index is 0.761. The van der Waals surface area contributed by atoms with Crippen molar-refractivity contribution in [3.8, 4) is 5.75 Å². The highest BCUT2D eigenvalue weighted by Crippen LogP contribution is 2.42. The standard InChI is InChI=1S/C27H40OS/c1-3-5-20-7-11-22(12-8-20)23-13-9-21(10-14-23)19-28-25-16-15-24-17-26(6-4-2)29-27(24)18-25/h15-18,20-23H,3-14,19H2,1-2H3. The second kappa shape index (κ2) is 10.3. The molecule has 0 unspecified atom stereocenters. The molecule has 1 nitrogen and oxygen atoms in total. The first-order valence-electron chi connectivity index (χ1n) is 12.4. The first-order chi connectivity index (χ1) is 14.2. The third kappa shape index (κ3) is 5.57. The highest BCUT2D eigenvalue weighted by atomic mass is 32.1. The second-order valence-corrected chi connectivity index (χ2v) is 11.0. The van der Waals surface area contributed by atoms with Gasteiger partial charge in [-0.05, 0) is 98.3 Å². The van der Waals surface area contributed by atoms with Crippen LogP contribution >= 0.6 is 11.3 Å². The summed E-state index contributed by atoms with van der Waals surface area (Å²) in [7, 11) is 0. The van der Waals surface area contributed by atoms with Gasteiger partial charge >= 0.3 is 0 Å². The molecule has 0 N–H and O–H groups in total. The van der Waals surface area contributed by atoms with Gasteiger partial charge in [0, 0.05) is 9.58 Å². The van der Waals surface area contributed by atoms with Crippen LogP contribution in [0.15, 0.2) is 24.3 Å². The van der Waals surface area contributed by atoms with Gasteiger partial charge < -0.3 is 4.74 Å². The van der Waals surface area contributed by atoms with Crippen LogP contribution in [0.3, 0.4) is 0 Å². The number of ether oxygens (including phenoxy) is 1. The number of aryl methyl sites for hydroxylation is 1. The molecular formula is C27H40OS. The van der Waals surface area contributed by atoms with E-state index in [4.69, 9.17) is 4.74 Å². The highest BCUT2D eigenvalue weighted by molar-refractivity contribution is 7.19. The summed E-state index contributed by atoms with van der Waals surface area (Å²) in [4.78, 5) is 1.50. The molecule has 2 aromatic rings. The monoisotopic (exact) mass is 412 g/mol. The summed E-state index contributed by atoms with van der Waals surface area (Å²) in [6, 6.07) is 9.03. The van der Waals surface area contributed by atoms with Gasteiger partial charge in [-0.25, -0.2) is 0 Å². The SMILES string of the molecule is CCCc1cc2ccc(OCC3CCC(C4CCC(CCC)CC4)CC3)cc2s1. The average Bonchev–Trinajstić information content (AvgIpc) is 3.15. The molecule has 29 heavy (non-hydrogen) atoms. The number of hydrogen-bond acceptors (Lipinski definition) is 2. The zero-order valence-electron chi connectivity index (χ0n) is 18.6. The Hall–Kier alpha value is -1.02. The molecule has 160 valence electrons. The molecule has 2 fully saturated rings. The Kier molecular flexibility index (Phi) is 7.56. The minimum absolute atomic E-state index is 0.761. The summed E-state index contributed by atoms with van der Waals surface area (Å²) in [6.45, 7) is 5.51. The van der Waals surface area contributed by atoms with Crippen LogP contribution < -0.4 is 4.74 Å². The van der Waals surface area contributed by atoms with Crippen molar-refractivity contribution in [3.05, 3.63) is 29.1 Å². The average molecular weight is 413 g/mol. The smallest absolute Gasteiger partial charge is 0.120 e. The normalized spacial score (nSPS) is 27.9. The largest absolute Gasteiger partial charge is 0.493 e. The topological polar surface area (TPSA) is 9.23 Å². The number of fused-ring (bicyclic) bond motifs is 1. The van der Waals surface area contributed by atoms with Gasteiger partial charge in [0.1, 0.15) is 5.75 Å². The van der Waals surface area contributed by atoms with Crippen LogP contribution in [0.4, 0.5) is 0 Å². The van der Waals surface area contributed by atoms with Crippen LogP contribution in [0.25, 0.3) is 10.1 Å². The summed E-state index contributed by atoms with van der Waals surface area (Å²) in [5.74, 6) is 4.91. The number of hydrogen-bond donors (Lipinski definition) is 0. The van der Waals surface area contributed by atoms with Crippen molar-refractivity contribution in [2.75, 3.05) is 6.61 Å². The van der Waals surface area contributed by atoms with Crippen LogP contribution in [0.5, 0.6) is 5.75 Å². The number of benzene rings is 1. The lowest BCUT2D eigenvalue weighted by molar-refractivity contribution is 0.122. The van der Waals surface area contributed by atoms with E-state index >= 15 is 0 Å². The summed E-state index contributed by atoms with van der Waals surface area (Å²) < 4.78 is 7.63. The molecule has 0 spiro atoms.